The lowest BCUT2D eigenvalue weighted by Crippen LogP contribution is -2.32. The molecule has 26 heavy (non-hydrogen) atoms. The van der Waals surface area contributed by atoms with Crippen LogP contribution in [-0.4, -0.2) is 38.4 Å². The number of dihydropyridines is 1. The van der Waals surface area contributed by atoms with Crippen molar-refractivity contribution in [2.24, 2.45) is 0 Å². The van der Waals surface area contributed by atoms with Gasteiger partial charge in [0.1, 0.15) is 0 Å². The van der Waals surface area contributed by atoms with Crippen LogP contribution < -0.4 is 10.1 Å². The third-order valence-corrected chi connectivity index (χ3v) is 5.00. The van der Waals surface area contributed by atoms with Gasteiger partial charge in [-0.15, -0.1) is 0 Å². The number of ether oxygens (including phenoxy) is 3. The van der Waals surface area contributed by atoms with Gasteiger partial charge >= 0.3 is 11.9 Å². The molecular weight excluding hydrogens is 453 g/mol. The van der Waals surface area contributed by atoms with Crippen molar-refractivity contribution >= 4 is 34.5 Å². The van der Waals surface area contributed by atoms with E-state index in [4.69, 9.17) is 14.2 Å². The number of phenols is 1. The van der Waals surface area contributed by atoms with Gasteiger partial charge in [0, 0.05) is 11.4 Å². The van der Waals surface area contributed by atoms with E-state index >= 15 is 0 Å². The minimum absolute atomic E-state index is 0.00794. The molecule has 1 aliphatic rings. The van der Waals surface area contributed by atoms with E-state index in [-0.39, 0.29) is 11.5 Å². The maximum Gasteiger partial charge on any atom is 0.336 e. The van der Waals surface area contributed by atoms with Crippen LogP contribution in [-0.2, 0) is 19.1 Å². The summed E-state index contributed by atoms with van der Waals surface area (Å²) in [6, 6.07) is 3.29. The van der Waals surface area contributed by atoms with Crippen molar-refractivity contribution < 1.29 is 28.9 Å². The van der Waals surface area contributed by atoms with Gasteiger partial charge < -0.3 is 24.6 Å². The molecule has 0 saturated heterocycles. The van der Waals surface area contributed by atoms with Crippen molar-refractivity contribution in [3.8, 4) is 11.5 Å². The zero-order valence-electron chi connectivity index (χ0n) is 15.1. The van der Waals surface area contributed by atoms with Crippen molar-refractivity contribution in [3.05, 3.63) is 43.8 Å². The van der Waals surface area contributed by atoms with Gasteiger partial charge in [0.25, 0.3) is 0 Å². The topological polar surface area (TPSA) is 94.1 Å². The van der Waals surface area contributed by atoms with Gasteiger partial charge in [0.15, 0.2) is 11.5 Å². The molecule has 0 aliphatic carbocycles. The van der Waals surface area contributed by atoms with Gasteiger partial charge in [-0.3, -0.25) is 0 Å². The zero-order valence-corrected chi connectivity index (χ0v) is 17.3. The normalized spacial score (nSPS) is 14.8. The highest BCUT2D eigenvalue weighted by Crippen LogP contribution is 2.43. The van der Waals surface area contributed by atoms with E-state index in [9.17, 15) is 14.7 Å². The van der Waals surface area contributed by atoms with E-state index in [1.54, 1.807) is 26.0 Å². The molecule has 0 fully saturated rings. The second-order valence-corrected chi connectivity index (χ2v) is 6.83. The highest BCUT2D eigenvalue weighted by molar-refractivity contribution is 14.1. The van der Waals surface area contributed by atoms with Crippen molar-refractivity contribution in [2.45, 2.75) is 19.8 Å². The van der Waals surface area contributed by atoms with E-state index in [1.807, 2.05) is 22.6 Å². The Morgan fingerprint density at radius 3 is 1.96 bits per heavy atom. The number of aromatic hydroxyl groups is 1. The smallest absolute Gasteiger partial charge is 0.336 e. The third-order valence-electron chi connectivity index (χ3n) is 4.17. The molecule has 1 aromatic carbocycles. The number of esters is 2. The molecule has 0 amide bonds. The maximum absolute atomic E-state index is 12.5. The Hall–Kier alpha value is -2.23. The lowest BCUT2D eigenvalue weighted by molar-refractivity contribution is -0.137. The lowest BCUT2D eigenvalue weighted by Gasteiger charge is -2.30. The second kappa shape index (κ2) is 7.98. The third kappa shape index (κ3) is 3.50. The molecule has 2 N–H and O–H groups in total. The van der Waals surface area contributed by atoms with Gasteiger partial charge in [0.2, 0.25) is 0 Å². The second-order valence-electron chi connectivity index (χ2n) is 5.67. The summed E-state index contributed by atoms with van der Waals surface area (Å²) in [7, 11) is 4.00. The molecule has 1 heterocycles. The summed E-state index contributed by atoms with van der Waals surface area (Å²) in [5.74, 6) is -1.60. The number of carbonyl (C=O) groups is 2. The molecule has 2 rings (SSSR count). The molecule has 1 aromatic rings. The Balaban J connectivity index is 2.79. The summed E-state index contributed by atoms with van der Waals surface area (Å²) < 4.78 is 15.6. The Morgan fingerprint density at radius 1 is 1.04 bits per heavy atom. The van der Waals surface area contributed by atoms with Crippen LogP contribution in [0, 0.1) is 3.57 Å². The van der Waals surface area contributed by atoms with Crippen molar-refractivity contribution in [1.82, 2.24) is 5.32 Å². The number of benzene rings is 1. The molecule has 0 bridgehead atoms. The zero-order chi connectivity index (χ0) is 19.6. The molecule has 0 radical (unpaired) electrons. The Kier molecular flexibility index (Phi) is 6.17. The predicted octanol–water partition coefficient (Wildman–Crippen LogP) is 2.59. The van der Waals surface area contributed by atoms with E-state index in [2.05, 4.69) is 5.32 Å². The van der Waals surface area contributed by atoms with E-state index in [0.29, 0.717) is 31.7 Å². The fourth-order valence-electron chi connectivity index (χ4n) is 3.00. The molecule has 7 nitrogen and oxygen atoms in total. The fraction of sp³-hybridized carbons (Fsp3) is 0.333. The number of allylic oxidation sites excluding steroid dienone is 2. The number of nitrogens with one attached hydrogen (secondary N) is 1. The van der Waals surface area contributed by atoms with Crippen molar-refractivity contribution in [3.63, 3.8) is 0 Å². The minimum Gasteiger partial charge on any atom is -0.504 e. The number of rotatable bonds is 4. The SMILES string of the molecule is COC(=O)C1=C(C)NC(C)=C(C(=O)OC)C1c1cc(I)c(O)c(OC)c1. The van der Waals surface area contributed by atoms with Crippen molar-refractivity contribution in [2.75, 3.05) is 21.3 Å². The van der Waals surface area contributed by atoms with E-state index in [0.717, 1.165) is 0 Å². The first-order chi connectivity index (χ1) is 12.3. The van der Waals surface area contributed by atoms with Crippen LogP contribution >= 0.6 is 22.6 Å². The van der Waals surface area contributed by atoms with Crippen LogP contribution in [0.25, 0.3) is 0 Å². The van der Waals surface area contributed by atoms with Gasteiger partial charge in [-0.2, -0.15) is 0 Å². The standard InChI is InChI=1S/C18H20INO6/c1-8-13(17(22)25-4)15(14(9(2)20-8)18(23)26-5)10-6-11(19)16(21)12(7-10)24-3/h6-7,15,20-21H,1-5H3. The minimum atomic E-state index is -0.723. The van der Waals surface area contributed by atoms with Gasteiger partial charge in [-0.25, -0.2) is 9.59 Å². The Bertz CT molecular complexity index is 789. The monoisotopic (exact) mass is 473 g/mol. The largest absolute Gasteiger partial charge is 0.504 e. The number of halogens is 1. The first-order valence-electron chi connectivity index (χ1n) is 7.68. The number of hydrogen-bond donors (Lipinski definition) is 2. The van der Waals surface area contributed by atoms with Gasteiger partial charge in [-0.05, 0) is 54.1 Å². The summed E-state index contributed by atoms with van der Waals surface area (Å²) >= 11 is 1.96. The molecule has 0 saturated carbocycles. The Morgan fingerprint density at radius 2 is 1.54 bits per heavy atom. The molecule has 140 valence electrons. The molecule has 1 aliphatic heterocycles. The Labute approximate surface area is 165 Å². The summed E-state index contributed by atoms with van der Waals surface area (Å²) in [6.45, 7) is 3.47. The highest BCUT2D eigenvalue weighted by Gasteiger charge is 2.38. The average Bonchev–Trinajstić information content (AvgIpc) is 2.62. The van der Waals surface area contributed by atoms with E-state index < -0.39 is 17.9 Å². The van der Waals surface area contributed by atoms with Gasteiger partial charge in [-0.1, -0.05) is 0 Å². The fourth-order valence-corrected chi connectivity index (χ4v) is 3.63. The first kappa shape index (κ1) is 20.1. The quantitative estimate of drug-likeness (QED) is 0.513. The lowest BCUT2D eigenvalue weighted by atomic mass is 9.80. The summed E-state index contributed by atoms with van der Waals surface area (Å²) in [5, 5.41) is 13.2. The number of methoxy groups -OCH3 is 3. The molecular formula is C18H20INO6. The number of carbonyl (C=O) groups excluding carboxylic acids is 2. The summed E-state index contributed by atoms with van der Waals surface area (Å²) in [4.78, 5) is 24.9. The molecule has 0 spiro atoms. The average molecular weight is 473 g/mol. The summed E-state index contributed by atoms with van der Waals surface area (Å²) in [5.41, 5.74) is 2.34. The number of phenolic OH excluding ortho intramolecular Hbond substituents is 1. The first-order valence-corrected chi connectivity index (χ1v) is 8.76. The van der Waals surface area contributed by atoms with Crippen LogP contribution in [0.5, 0.6) is 11.5 Å². The molecule has 0 aromatic heterocycles. The van der Waals surface area contributed by atoms with Crippen LogP contribution in [0.1, 0.15) is 25.3 Å². The molecule has 8 heteroatoms. The van der Waals surface area contributed by atoms with Crippen LogP contribution in [0.15, 0.2) is 34.7 Å². The summed E-state index contributed by atoms with van der Waals surface area (Å²) in [6.07, 6.45) is 0. The maximum atomic E-state index is 12.5. The molecule has 0 atom stereocenters. The van der Waals surface area contributed by atoms with Crippen LogP contribution in [0.4, 0.5) is 0 Å². The van der Waals surface area contributed by atoms with Gasteiger partial charge in [0.05, 0.1) is 42.0 Å². The number of hydrogen-bond acceptors (Lipinski definition) is 7. The predicted molar refractivity (Wildman–Crippen MR) is 103 cm³/mol. The van der Waals surface area contributed by atoms with E-state index in [1.165, 1.54) is 21.3 Å². The van der Waals surface area contributed by atoms with Crippen molar-refractivity contribution in [1.29, 1.82) is 0 Å². The highest BCUT2D eigenvalue weighted by atomic mass is 127. The molecule has 0 unspecified atom stereocenters. The van der Waals surface area contributed by atoms with Crippen LogP contribution in [0.2, 0.25) is 0 Å². The van der Waals surface area contributed by atoms with Crippen LogP contribution in [0.3, 0.4) is 0 Å².